The van der Waals surface area contributed by atoms with E-state index >= 15 is 0 Å². The van der Waals surface area contributed by atoms with Crippen LogP contribution in [-0.4, -0.2) is 28.3 Å². The minimum absolute atomic E-state index is 0.249. The Hall–Kier alpha value is -1.56. The molecule has 1 aliphatic rings. The summed E-state index contributed by atoms with van der Waals surface area (Å²) in [5.74, 6) is 1.25. The highest BCUT2D eigenvalue weighted by atomic mass is 16.4. The molecule has 0 bridgehead atoms. The SMILES string of the molecule is Cc1nc(CNC(=O)NCC2(O)CCCCC2)oc1C. The lowest BCUT2D eigenvalue weighted by molar-refractivity contribution is 0.00718. The third-order valence-corrected chi connectivity index (χ3v) is 3.84. The predicted octanol–water partition coefficient (Wildman–Crippen LogP) is 1.79. The molecule has 1 aliphatic carbocycles. The van der Waals surface area contributed by atoms with Crippen molar-refractivity contribution in [3.8, 4) is 0 Å². The summed E-state index contributed by atoms with van der Waals surface area (Å²) in [6.45, 7) is 4.24. The largest absolute Gasteiger partial charge is 0.444 e. The summed E-state index contributed by atoms with van der Waals surface area (Å²) in [5.41, 5.74) is 0.0878. The van der Waals surface area contributed by atoms with Gasteiger partial charge in [0.15, 0.2) is 0 Å². The first-order valence-corrected chi connectivity index (χ1v) is 7.15. The molecule has 2 rings (SSSR count). The maximum Gasteiger partial charge on any atom is 0.315 e. The Labute approximate surface area is 119 Å². The van der Waals surface area contributed by atoms with Gasteiger partial charge in [-0.15, -0.1) is 0 Å². The number of rotatable bonds is 4. The highest BCUT2D eigenvalue weighted by Gasteiger charge is 2.29. The van der Waals surface area contributed by atoms with Gasteiger partial charge in [0.25, 0.3) is 0 Å². The number of carbonyl (C=O) groups is 1. The van der Waals surface area contributed by atoms with Gasteiger partial charge in [0, 0.05) is 6.54 Å². The van der Waals surface area contributed by atoms with Crippen molar-refractivity contribution < 1.29 is 14.3 Å². The zero-order chi connectivity index (χ0) is 14.6. The van der Waals surface area contributed by atoms with Gasteiger partial charge in [-0.25, -0.2) is 9.78 Å². The van der Waals surface area contributed by atoms with Crippen LogP contribution in [0.3, 0.4) is 0 Å². The summed E-state index contributed by atoms with van der Waals surface area (Å²) in [4.78, 5) is 15.9. The van der Waals surface area contributed by atoms with Gasteiger partial charge in [-0.2, -0.15) is 0 Å². The Bertz CT molecular complexity index is 445. The average Bonchev–Trinajstić information content (AvgIpc) is 2.74. The molecule has 6 nitrogen and oxygen atoms in total. The smallest absolute Gasteiger partial charge is 0.315 e. The van der Waals surface area contributed by atoms with Crippen LogP contribution in [0.15, 0.2) is 4.42 Å². The Kier molecular flexibility index (Phi) is 4.65. The van der Waals surface area contributed by atoms with E-state index in [1.807, 2.05) is 13.8 Å². The zero-order valence-corrected chi connectivity index (χ0v) is 12.2. The summed E-state index contributed by atoms with van der Waals surface area (Å²) < 4.78 is 5.38. The van der Waals surface area contributed by atoms with Gasteiger partial charge in [0.1, 0.15) is 5.76 Å². The molecule has 0 radical (unpaired) electrons. The summed E-state index contributed by atoms with van der Waals surface area (Å²) >= 11 is 0. The van der Waals surface area contributed by atoms with Crippen molar-refractivity contribution in [1.82, 2.24) is 15.6 Å². The fraction of sp³-hybridized carbons (Fsp3) is 0.714. The third kappa shape index (κ3) is 3.96. The lowest BCUT2D eigenvalue weighted by atomic mass is 9.85. The van der Waals surface area contributed by atoms with Crippen molar-refractivity contribution >= 4 is 6.03 Å². The number of nitrogens with zero attached hydrogens (tertiary/aromatic N) is 1. The van der Waals surface area contributed by atoms with Gasteiger partial charge < -0.3 is 20.2 Å². The van der Waals surface area contributed by atoms with Gasteiger partial charge in [-0.1, -0.05) is 19.3 Å². The monoisotopic (exact) mass is 281 g/mol. The normalized spacial score (nSPS) is 17.8. The number of oxazole rings is 1. The second kappa shape index (κ2) is 6.26. The molecule has 1 fully saturated rings. The molecule has 0 unspecified atom stereocenters. The molecule has 2 amide bonds. The van der Waals surface area contributed by atoms with E-state index in [1.165, 1.54) is 0 Å². The van der Waals surface area contributed by atoms with Crippen molar-refractivity contribution in [2.45, 2.75) is 58.1 Å². The number of amides is 2. The number of aliphatic hydroxyl groups is 1. The van der Waals surface area contributed by atoms with Crippen molar-refractivity contribution in [2.24, 2.45) is 0 Å². The van der Waals surface area contributed by atoms with Crippen LogP contribution in [-0.2, 0) is 6.54 Å². The molecule has 1 saturated carbocycles. The third-order valence-electron chi connectivity index (χ3n) is 3.84. The minimum Gasteiger partial charge on any atom is -0.444 e. The van der Waals surface area contributed by atoms with Crippen LogP contribution < -0.4 is 10.6 Å². The van der Waals surface area contributed by atoms with Crippen molar-refractivity contribution in [2.75, 3.05) is 6.54 Å². The molecule has 0 saturated heterocycles. The lowest BCUT2D eigenvalue weighted by Gasteiger charge is -2.32. The van der Waals surface area contributed by atoms with E-state index in [9.17, 15) is 9.90 Å². The van der Waals surface area contributed by atoms with Crippen LogP contribution in [0, 0.1) is 13.8 Å². The summed E-state index contributed by atoms with van der Waals surface area (Å²) in [6, 6.07) is -0.308. The number of aromatic nitrogens is 1. The number of nitrogens with one attached hydrogen (secondary N) is 2. The van der Waals surface area contributed by atoms with E-state index in [2.05, 4.69) is 15.6 Å². The van der Waals surface area contributed by atoms with E-state index in [1.54, 1.807) is 0 Å². The summed E-state index contributed by atoms with van der Waals surface area (Å²) in [7, 11) is 0. The number of aryl methyl sites for hydroxylation is 2. The quantitative estimate of drug-likeness (QED) is 0.785. The van der Waals surface area contributed by atoms with Gasteiger partial charge in [-0.05, 0) is 26.7 Å². The molecule has 0 aliphatic heterocycles. The fourth-order valence-corrected chi connectivity index (χ4v) is 2.46. The lowest BCUT2D eigenvalue weighted by Crippen LogP contribution is -2.47. The molecular weight excluding hydrogens is 258 g/mol. The van der Waals surface area contributed by atoms with Gasteiger partial charge >= 0.3 is 6.03 Å². The first kappa shape index (κ1) is 14.8. The van der Waals surface area contributed by atoms with Crippen LogP contribution in [0.25, 0.3) is 0 Å². The summed E-state index contributed by atoms with van der Waals surface area (Å²) in [6.07, 6.45) is 4.72. The number of urea groups is 1. The molecule has 0 atom stereocenters. The fourth-order valence-electron chi connectivity index (χ4n) is 2.46. The van der Waals surface area contributed by atoms with Crippen LogP contribution in [0.4, 0.5) is 4.79 Å². The second-order valence-electron chi connectivity index (χ2n) is 5.57. The first-order chi connectivity index (χ1) is 9.48. The van der Waals surface area contributed by atoms with E-state index in [-0.39, 0.29) is 12.6 Å². The molecule has 20 heavy (non-hydrogen) atoms. The van der Waals surface area contributed by atoms with Crippen molar-refractivity contribution in [1.29, 1.82) is 0 Å². The molecule has 3 N–H and O–H groups in total. The Morgan fingerprint density at radius 1 is 1.30 bits per heavy atom. The first-order valence-electron chi connectivity index (χ1n) is 7.15. The standard InChI is InChI=1S/C14H23N3O3/c1-10-11(2)20-12(17-10)8-15-13(18)16-9-14(19)6-4-3-5-7-14/h19H,3-9H2,1-2H3,(H2,15,16,18). The molecule has 1 aromatic rings. The number of hydrogen-bond acceptors (Lipinski definition) is 4. The highest BCUT2D eigenvalue weighted by molar-refractivity contribution is 5.73. The molecule has 112 valence electrons. The number of carbonyl (C=O) groups excluding carboxylic acids is 1. The topological polar surface area (TPSA) is 87.4 Å². The maximum absolute atomic E-state index is 11.7. The van der Waals surface area contributed by atoms with E-state index in [4.69, 9.17) is 4.42 Å². The van der Waals surface area contributed by atoms with Crippen LogP contribution >= 0.6 is 0 Å². The predicted molar refractivity (Wildman–Crippen MR) is 74.3 cm³/mol. The Morgan fingerprint density at radius 2 is 2.00 bits per heavy atom. The molecule has 0 spiro atoms. The van der Waals surface area contributed by atoms with E-state index < -0.39 is 5.60 Å². The second-order valence-corrected chi connectivity index (χ2v) is 5.57. The van der Waals surface area contributed by atoms with Crippen molar-refractivity contribution in [3.63, 3.8) is 0 Å². The van der Waals surface area contributed by atoms with E-state index in [0.29, 0.717) is 12.4 Å². The van der Waals surface area contributed by atoms with Gasteiger partial charge in [-0.3, -0.25) is 0 Å². The molecule has 6 heteroatoms. The molecule has 1 aromatic heterocycles. The molecule has 0 aromatic carbocycles. The van der Waals surface area contributed by atoms with Crippen molar-refractivity contribution in [3.05, 3.63) is 17.3 Å². The van der Waals surface area contributed by atoms with E-state index in [0.717, 1.165) is 43.6 Å². The minimum atomic E-state index is -0.744. The Morgan fingerprint density at radius 3 is 2.60 bits per heavy atom. The zero-order valence-electron chi connectivity index (χ0n) is 12.2. The Balaban J connectivity index is 1.72. The highest BCUT2D eigenvalue weighted by Crippen LogP contribution is 2.27. The maximum atomic E-state index is 11.7. The molecular formula is C14H23N3O3. The van der Waals surface area contributed by atoms with Gasteiger partial charge in [0.2, 0.25) is 5.89 Å². The molecule has 1 heterocycles. The van der Waals surface area contributed by atoms with Gasteiger partial charge in [0.05, 0.1) is 17.8 Å². The summed E-state index contributed by atoms with van der Waals surface area (Å²) in [5, 5.41) is 15.7. The van der Waals surface area contributed by atoms with Crippen LogP contribution in [0.2, 0.25) is 0 Å². The van der Waals surface area contributed by atoms with Crippen LogP contribution in [0.1, 0.15) is 49.4 Å². The van der Waals surface area contributed by atoms with Crippen LogP contribution in [0.5, 0.6) is 0 Å². The average molecular weight is 281 g/mol. The number of hydrogen-bond donors (Lipinski definition) is 3.